The van der Waals surface area contributed by atoms with Gasteiger partial charge in [-0.2, -0.15) is 0 Å². The second-order valence-corrected chi connectivity index (χ2v) is 28.3. The minimum atomic E-state index is -0.436. The normalized spacial score (nSPS) is 13.4. The summed E-state index contributed by atoms with van der Waals surface area (Å²) in [4.78, 5) is 0. The largest absolute Gasteiger partial charge is 0.508 e. The van der Waals surface area contributed by atoms with Gasteiger partial charge in [0, 0.05) is 4.47 Å². The summed E-state index contributed by atoms with van der Waals surface area (Å²) in [6.45, 7) is 8.44. The van der Waals surface area contributed by atoms with Crippen LogP contribution in [0.15, 0.2) is 332 Å². The lowest BCUT2D eigenvalue weighted by Gasteiger charge is -2.32. The van der Waals surface area contributed by atoms with Crippen LogP contribution in [0.5, 0.6) is 11.5 Å². The van der Waals surface area contributed by atoms with Crippen molar-refractivity contribution in [2.75, 3.05) is 0 Å². The molecule has 0 atom stereocenters. The molecule has 0 spiro atoms. The van der Waals surface area contributed by atoms with Crippen molar-refractivity contribution in [3.8, 4) is 67.1 Å². The molecule has 0 aromatic heterocycles. The Morgan fingerprint density at radius 2 is 0.510 bits per heavy atom. The second-order valence-electron chi connectivity index (χ2n) is 27.4. The van der Waals surface area contributed by atoms with Crippen molar-refractivity contribution in [3.63, 3.8) is 0 Å². The fraction of sp³-hybridized carbons (Fsp3) is 0.0638. The minimum absolute atomic E-state index is 0.286. The Morgan fingerprint density at radius 1 is 0.240 bits per heavy atom. The van der Waals surface area contributed by atoms with Crippen molar-refractivity contribution in [1.82, 2.24) is 0 Å². The van der Waals surface area contributed by atoms with Gasteiger partial charge < -0.3 is 19.5 Å². The first-order valence-corrected chi connectivity index (χ1v) is 34.9. The lowest BCUT2D eigenvalue weighted by atomic mass is 9.76. The molecular weight excluding hydrogens is 1280 g/mol. The van der Waals surface area contributed by atoms with Gasteiger partial charge in [-0.15, -0.1) is 0 Å². The Kier molecular flexibility index (Phi) is 15.6. The first-order valence-electron chi connectivity index (χ1n) is 34.1. The summed E-state index contributed by atoms with van der Waals surface area (Å²) in [7, 11) is -0.436. The van der Waals surface area contributed by atoms with Crippen LogP contribution in [0.3, 0.4) is 0 Å². The van der Waals surface area contributed by atoms with E-state index in [0.717, 1.165) is 37.0 Å². The van der Waals surface area contributed by atoms with Crippen molar-refractivity contribution in [2.45, 2.75) is 38.9 Å². The van der Waals surface area contributed by atoms with E-state index >= 15 is 0 Å². The van der Waals surface area contributed by atoms with E-state index in [9.17, 15) is 10.2 Å². The van der Waals surface area contributed by atoms with Crippen LogP contribution in [0.4, 0.5) is 0 Å². The van der Waals surface area contributed by atoms with Crippen LogP contribution in [-0.2, 0) is 9.31 Å². The first-order chi connectivity index (χ1) is 48.7. The van der Waals surface area contributed by atoms with Gasteiger partial charge in [-0.25, -0.2) is 0 Å². The molecule has 18 aromatic rings. The highest BCUT2D eigenvalue weighted by Gasteiger charge is 2.51. The molecule has 0 bridgehead atoms. The molecule has 100 heavy (non-hydrogen) atoms. The second kappa shape index (κ2) is 25.2. The number of hydrogen-bond acceptors (Lipinski definition) is 4. The van der Waals surface area contributed by atoms with Gasteiger partial charge in [-0.1, -0.05) is 271 Å². The van der Waals surface area contributed by atoms with Crippen molar-refractivity contribution in [2.24, 2.45) is 0 Å². The van der Waals surface area contributed by atoms with Crippen molar-refractivity contribution in [3.05, 3.63) is 332 Å². The number of hydrogen-bond donors (Lipinski definition) is 2. The molecule has 0 saturated carbocycles. The van der Waals surface area contributed by atoms with Gasteiger partial charge in [-0.3, -0.25) is 0 Å². The lowest BCUT2D eigenvalue weighted by molar-refractivity contribution is 0.00578. The number of fused-ring (bicyclic) bond motifs is 10. The molecule has 0 radical (unpaired) electrons. The number of halogens is 1. The standard InChI is InChI=1S/C44H28O.C40H33BO2.C10H7BrO/c45-38-21-19-33-23-32(15-16-34(33)26-38)35-20-22-41-42(27-35)44(37-18-14-29-8-2-4-10-31(29)25-37)40-12-6-5-11-39(40)43(41)36-17-13-28-7-1-3-9-30(28)24-36;1-39(2)40(3,4)43-41(42-39)32-21-22-35-36(25-32)38(31-20-18-27-12-6-8-14-29(27)24-31)34-16-10-9-15-33(34)37(35)30-19-17-26-11-5-7-13-28(26)23-30;11-9-3-1-8-6-10(12)4-2-7(8)5-9/h1-27,45H;5-25H,1-4H3;1-6,12H. The molecule has 0 aliphatic carbocycles. The third-order valence-electron chi connectivity index (χ3n) is 20.7. The van der Waals surface area contributed by atoms with Gasteiger partial charge in [0.05, 0.1) is 11.2 Å². The summed E-state index contributed by atoms with van der Waals surface area (Å²) in [5, 5.41) is 43.3. The van der Waals surface area contributed by atoms with Crippen LogP contribution in [0.25, 0.3) is 163 Å². The molecule has 1 saturated heterocycles. The van der Waals surface area contributed by atoms with E-state index in [2.05, 4.69) is 317 Å². The van der Waals surface area contributed by atoms with Gasteiger partial charge in [-0.05, 0) is 269 Å². The minimum Gasteiger partial charge on any atom is -0.508 e. The average Bonchev–Trinajstić information content (AvgIpc) is 0.752. The number of aromatic hydroxyl groups is 2. The van der Waals surface area contributed by atoms with E-state index in [4.69, 9.17) is 9.31 Å². The van der Waals surface area contributed by atoms with Gasteiger partial charge in [0.25, 0.3) is 0 Å². The third-order valence-corrected chi connectivity index (χ3v) is 21.2. The Labute approximate surface area is 589 Å². The maximum absolute atomic E-state index is 10.0. The SMILES string of the molecule is CC1(C)OB(c2ccc3c(-c4ccc5ccccc5c4)c4ccccc4c(-c4ccc5ccccc5c4)c3c2)OC1(C)C.Oc1ccc2cc(-c3ccc4c(-c5ccc6ccccc6c5)c5ccccc5c(-c5ccc6ccccc6c5)c4c3)ccc2c1.Oc1ccc2cc(Br)ccc2c1. The van der Waals surface area contributed by atoms with Crippen LogP contribution in [-0.4, -0.2) is 28.5 Å². The van der Waals surface area contributed by atoms with E-state index in [0.29, 0.717) is 5.75 Å². The molecule has 19 rings (SSSR count). The summed E-state index contributed by atoms with van der Waals surface area (Å²) in [5.41, 5.74) is 12.4. The van der Waals surface area contributed by atoms with Crippen LogP contribution in [0.2, 0.25) is 0 Å². The zero-order valence-corrected chi connectivity index (χ0v) is 57.4. The maximum Gasteiger partial charge on any atom is 0.494 e. The molecule has 4 nitrogen and oxygen atoms in total. The molecule has 18 aromatic carbocycles. The monoisotopic (exact) mass is 1350 g/mol. The Morgan fingerprint density at radius 3 is 0.940 bits per heavy atom. The predicted octanol–water partition coefficient (Wildman–Crippen LogP) is 25.4. The lowest BCUT2D eigenvalue weighted by Crippen LogP contribution is -2.41. The summed E-state index contributed by atoms with van der Waals surface area (Å²) in [6.07, 6.45) is 0. The number of phenolic OH excluding ortho intramolecular Hbond substituents is 2. The molecule has 0 amide bonds. The highest BCUT2D eigenvalue weighted by Crippen LogP contribution is 2.48. The molecule has 6 heteroatoms. The molecule has 2 N–H and O–H groups in total. The van der Waals surface area contributed by atoms with Crippen molar-refractivity contribution < 1.29 is 19.5 Å². The quantitative estimate of drug-likeness (QED) is 0.129. The number of rotatable bonds is 6. The summed E-state index contributed by atoms with van der Waals surface area (Å²) in [5.74, 6) is 0.596. The van der Waals surface area contributed by atoms with Crippen LogP contribution < -0.4 is 5.46 Å². The fourth-order valence-corrected chi connectivity index (χ4v) is 15.3. The zero-order valence-electron chi connectivity index (χ0n) is 55.8. The molecule has 0 unspecified atom stereocenters. The van der Waals surface area contributed by atoms with E-state index in [1.807, 2.05) is 36.4 Å². The summed E-state index contributed by atoms with van der Waals surface area (Å²) >= 11 is 3.39. The number of phenols is 2. The average molecular weight is 1350 g/mol. The third kappa shape index (κ3) is 11.4. The molecule has 1 heterocycles. The first kappa shape index (κ1) is 62.2. The Balaban J connectivity index is 0.000000128. The van der Waals surface area contributed by atoms with Gasteiger partial charge in [0.1, 0.15) is 11.5 Å². The topological polar surface area (TPSA) is 58.9 Å². The molecule has 1 aliphatic rings. The van der Waals surface area contributed by atoms with E-state index in [-0.39, 0.29) is 5.75 Å². The smallest absolute Gasteiger partial charge is 0.494 e. The maximum atomic E-state index is 10.0. The van der Waals surface area contributed by atoms with E-state index in [1.165, 1.54) is 136 Å². The predicted molar refractivity (Wildman–Crippen MR) is 428 cm³/mol. The highest BCUT2D eigenvalue weighted by molar-refractivity contribution is 9.10. The highest BCUT2D eigenvalue weighted by atomic mass is 79.9. The van der Waals surface area contributed by atoms with Crippen LogP contribution in [0, 0.1) is 0 Å². The van der Waals surface area contributed by atoms with Crippen molar-refractivity contribution >= 4 is 136 Å². The van der Waals surface area contributed by atoms with Gasteiger partial charge >= 0.3 is 7.12 Å². The fourth-order valence-electron chi connectivity index (χ4n) is 14.9. The van der Waals surface area contributed by atoms with E-state index in [1.54, 1.807) is 18.2 Å². The number of benzene rings is 18. The van der Waals surface area contributed by atoms with Crippen molar-refractivity contribution in [1.29, 1.82) is 0 Å². The van der Waals surface area contributed by atoms with Gasteiger partial charge in [0.2, 0.25) is 0 Å². The molecule has 478 valence electrons. The summed E-state index contributed by atoms with van der Waals surface area (Å²) < 4.78 is 14.1. The molecule has 1 fully saturated rings. The van der Waals surface area contributed by atoms with Gasteiger partial charge in [0.15, 0.2) is 0 Å². The van der Waals surface area contributed by atoms with Crippen LogP contribution >= 0.6 is 15.9 Å². The Bertz CT molecular complexity index is 6250. The molecule has 1 aliphatic heterocycles. The zero-order chi connectivity index (χ0) is 67.8. The summed E-state index contributed by atoms with van der Waals surface area (Å²) in [6, 6.07) is 116. The van der Waals surface area contributed by atoms with E-state index < -0.39 is 18.3 Å². The Hall–Kier alpha value is -11.4. The van der Waals surface area contributed by atoms with Crippen LogP contribution in [0.1, 0.15) is 27.7 Å². The molecular formula is C94H68BBrO4.